The molecule has 6 nitrogen and oxygen atoms in total. The lowest BCUT2D eigenvalue weighted by Gasteiger charge is -2.30. The van der Waals surface area contributed by atoms with E-state index in [-0.39, 0.29) is 42.1 Å². The lowest BCUT2D eigenvalue weighted by atomic mass is 9.73. The molecular weight excluding hydrogens is 505 g/mol. The Hall–Kier alpha value is -5.01. The Morgan fingerprint density at radius 3 is 2.23 bits per heavy atom. The van der Waals surface area contributed by atoms with Gasteiger partial charge in [0.15, 0.2) is 0 Å². The molecule has 0 saturated heterocycles. The first-order chi connectivity index (χ1) is 19.4. The van der Waals surface area contributed by atoms with Gasteiger partial charge in [-0.3, -0.25) is 9.59 Å². The first-order valence-electron chi connectivity index (χ1n) is 13.1. The van der Waals surface area contributed by atoms with Crippen molar-refractivity contribution in [1.29, 1.82) is 10.5 Å². The molecule has 2 N–H and O–H groups in total. The molecule has 0 fully saturated rings. The first-order valence-corrected chi connectivity index (χ1v) is 13.1. The molecule has 0 aliphatic heterocycles. The number of amides is 1. The summed E-state index contributed by atoms with van der Waals surface area (Å²) in [7, 11) is 0. The highest BCUT2D eigenvalue weighted by molar-refractivity contribution is 5.94. The number of hydrogen-bond acceptors (Lipinski definition) is 4. The van der Waals surface area contributed by atoms with Gasteiger partial charge in [-0.05, 0) is 64.7 Å². The Morgan fingerprint density at radius 2 is 1.57 bits per heavy atom. The molecule has 4 aromatic rings. The van der Waals surface area contributed by atoms with Crippen molar-refractivity contribution in [3.8, 4) is 12.1 Å². The van der Waals surface area contributed by atoms with E-state index in [1.165, 1.54) is 6.07 Å². The van der Waals surface area contributed by atoms with Crippen molar-refractivity contribution < 1.29 is 19.1 Å². The highest BCUT2D eigenvalue weighted by atomic mass is 19.1. The second kappa shape index (κ2) is 12.7. The quantitative estimate of drug-likeness (QED) is 0.237. The Morgan fingerprint density at radius 1 is 0.900 bits per heavy atom. The highest BCUT2D eigenvalue weighted by Crippen LogP contribution is 2.44. The molecule has 0 radical (unpaired) electrons. The van der Waals surface area contributed by atoms with Gasteiger partial charge < -0.3 is 10.4 Å². The molecule has 200 valence electrons. The maximum atomic E-state index is 14.8. The van der Waals surface area contributed by atoms with Gasteiger partial charge in [0.1, 0.15) is 18.0 Å². The van der Waals surface area contributed by atoms with Crippen LogP contribution in [-0.4, -0.2) is 23.5 Å². The van der Waals surface area contributed by atoms with Crippen LogP contribution in [0.5, 0.6) is 0 Å². The van der Waals surface area contributed by atoms with Crippen molar-refractivity contribution >= 4 is 22.6 Å². The van der Waals surface area contributed by atoms with Gasteiger partial charge in [0.05, 0.1) is 17.5 Å². The van der Waals surface area contributed by atoms with Crippen molar-refractivity contribution in [3.05, 3.63) is 118 Å². The number of aliphatic carboxylic acids is 1. The largest absolute Gasteiger partial charge is 0.481 e. The minimum absolute atomic E-state index is 0.0357. The summed E-state index contributed by atoms with van der Waals surface area (Å²) >= 11 is 0. The molecule has 1 amide bonds. The third-order valence-electron chi connectivity index (χ3n) is 7.11. The smallest absolute Gasteiger partial charge is 0.305 e. The van der Waals surface area contributed by atoms with Crippen LogP contribution in [0, 0.1) is 28.5 Å². The van der Waals surface area contributed by atoms with E-state index >= 15 is 0 Å². The van der Waals surface area contributed by atoms with Crippen LogP contribution in [0.2, 0.25) is 0 Å². The van der Waals surface area contributed by atoms with Crippen LogP contribution < -0.4 is 5.32 Å². The van der Waals surface area contributed by atoms with E-state index in [0.717, 1.165) is 34.9 Å². The number of nitrogens with one attached hydrogen (secondary N) is 1. The Labute approximate surface area is 232 Å². The number of benzene rings is 4. The molecule has 2 unspecified atom stereocenters. The van der Waals surface area contributed by atoms with E-state index in [0.29, 0.717) is 16.5 Å². The molecule has 0 spiro atoms. The van der Waals surface area contributed by atoms with Crippen LogP contribution in [0.15, 0.2) is 78.9 Å². The van der Waals surface area contributed by atoms with Crippen molar-refractivity contribution in [2.24, 2.45) is 0 Å². The maximum absolute atomic E-state index is 14.8. The molecule has 0 saturated carbocycles. The summed E-state index contributed by atoms with van der Waals surface area (Å²) in [6.45, 7) is 2.12. The van der Waals surface area contributed by atoms with Crippen LogP contribution in [0.3, 0.4) is 0 Å². The van der Waals surface area contributed by atoms with Crippen LogP contribution >= 0.6 is 0 Å². The standard InChI is InChI=1S/C33H28FN3O3/c1-2-5-26(21-8-10-22(11-9-21)33(40)37-17-16-31(38)39)32(23-12-13-24(19-35)25(18-23)20-36)29-14-15-30(34)28-7-4-3-6-27(28)29/h3-4,6-15,18,26,32H,2,5,16-17H2,1H3,(H,37,40)(H,38,39). The summed E-state index contributed by atoms with van der Waals surface area (Å²) in [6.07, 6.45) is 1.45. The second-order valence-corrected chi connectivity index (χ2v) is 9.61. The van der Waals surface area contributed by atoms with Gasteiger partial charge in [0, 0.05) is 23.4 Å². The van der Waals surface area contributed by atoms with Gasteiger partial charge in [0.2, 0.25) is 0 Å². The van der Waals surface area contributed by atoms with Crippen molar-refractivity contribution in [2.75, 3.05) is 6.54 Å². The van der Waals surface area contributed by atoms with Gasteiger partial charge in [-0.1, -0.05) is 61.9 Å². The number of fused-ring (bicyclic) bond motifs is 1. The van der Waals surface area contributed by atoms with Gasteiger partial charge >= 0.3 is 5.97 Å². The molecule has 2 atom stereocenters. The van der Waals surface area contributed by atoms with E-state index in [1.807, 2.05) is 30.3 Å². The highest BCUT2D eigenvalue weighted by Gasteiger charge is 2.29. The average molecular weight is 534 g/mol. The van der Waals surface area contributed by atoms with Crippen molar-refractivity contribution in [2.45, 2.75) is 38.0 Å². The van der Waals surface area contributed by atoms with E-state index in [1.54, 1.807) is 42.5 Å². The normalized spacial score (nSPS) is 12.2. The number of nitrogens with zero attached hydrogens (tertiary/aromatic N) is 2. The fraction of sp³-hybridized carbons (Fsp3) is 0.212. The number of carboxylic acids is 1. The SMILES string of the molecule is CCCC(c1ccc(C(=O)NCCC(=O)O)cc1)C(c1ccc(C#N)c(C#N)c1)c1ccc(F)c2ccccc12. The van der Waals surface area contributed by atoms with Crippen LogP contribution in [-0.2, 0) is 4.79 Å². The van der Waals surface area contributed by atoms with Crippen LogP contribution in [0.4, 0.5) is 4.39 Å². The molecule has 0 heterocycles. The second-order valence-electron chi connectivity index (χ2n) is 9.61. The summed E-state index contributed by atoms with van der Waals surface area (Å²) in [4.78, 5) is 23.3. The van der Waals surface area contributed by atoms with Gasteiger partial charge in [0.25, 0.3) is 5.91 Å². The minimum atomic E-state index is -0.986. The average Bonchev–Trinajstić information content (AvgIpc) is 2.97. The number of carbonyl (C=O) groups excluding carboxylic acids is 1. The molecular formula is C33H28FN3O3. The number of nitriles is 2. The van der Waals surface area contributed by atoms with Crippen molar-refractivity contribution in [1.82, 2.24) is 5.32 Å². The minimum Gasteiger partial charge on any atom is -0.481 e. The molecule has 0 aliphatic rings. The van der Waals surface area contributed by atoms with E-state index in [4.69, 9.17) is 5.11 Å². The molecule has 4 rings (SSSR count). The Balaban J connectivity index is 1.84. The topological polar surface area (TPSA) is 114 Å². The van der Waals surface area contributed by atoms with E-state index < -0.39 is 5.97 Å². The number of halogens is 1. The zero-order valence-electron chi connectivity index (χ0n) is 22.0. The first kappa shape index (κ1) is 28.0. The molecule has 7 heteroatoms. The van der Waals surface area contributed by atoms with Gasteiger partial charge in [-0.25, -0.2) is 4.39 Å². The molecule has 40 heavy (non-hydrogen) atoms. The number of hydrogen-bond donors (Lipinski definition) is 2. The van der Waals surface area contributed by atoms with E-state index in [2.05, 4.69) is 24.4 Å². The van der Waals surface area contributed by atoms with Crippen molar-refractivity contribution in [3.63, 3.8) is 0 Å². The number of carbonyl (C=O) groups is 2. The summed E-state index contributed by atoms with van der Waals surface area (Å²) in [5, 5.41) is 31.9. The fourth-order valence-corrected chi connectivity index (χ4v) is 5.23. The molecule has 0 aromatic heterocycles. The van der Waals surface area contributed by atoms with E-state index in [9.17, 15) is 24.5 Å². The zero-order valence-corrected chi connectivity index (χ0v) is 22.0. The number of carboxylic acid groups (broad SMARTS) is 1. The van der Waals surface area contributed by atoms with Crippen LogP contribution in [0.25, 0.3) is 10.8 Å². The predicted octanol–water partition coefficient (Wildman–Crippen LogP) is 6.64. The summed E-state index contributed by atoms with van der Waals surface area (Å²) in [5.74, 6) is -2.03. The van der Waals surface area contributed by atoms with Gasteiger partial charge in [-0.2, -0.15) is 10.5 Å². The lowest BCUT2D eigenvalue weighted by molar-refractivity contribution is -0.136. The zero-order chi connectivity index (χ0) is 28.6. The Kier molecular flexibility index (Phi) is 8.89. The third-order valence-corrected chi connectivity index (χ3v) is 7.11. The maximum Gasteiger partial charge on any atom is 0.305 e. The third kappa shape index (κ3) is 6.00. The molecule has 0 aliphatic carbocycles. The van der Waals surface area contributed by atoms with Crippen LogP contribution in [0.1, 0.15) is 76.2 Å². The monoisotopic (exact) mass is 533 g/mol. The summed E-state index contributed by atoms with van der Waals surface area (Å²) < 4.78 is 14.8. The molecule has 0 bridgehead atoms. The fourth-order valence-electron chi connectivity index (χ4n) is 5.23. The lowest BCUT2D eigenvalue weighted by Crippen LogP contribution is -2.26. The Bertz CT molecular complexity index is 1630. The predicted molar refractivity (Wildman–Crippen MR) is 150 cm³/mol. The summed E-state index contributed by atoms with van der Waals surface area (Å²) in [5.41, 5.74) is 3.68. The molecule has 4 aromatic carbocycles. The number of rotatable bonds is 10. The summed E-state index contributed by atoms with van der Waals surface area (Å²) in [6, 6.07) is 27.2. The van der Waals surface area contributed by atoms with Gasteiger partial charge in [-0.15, -0.1) is 0 Å².